The van der Waals surface area contributed by atoms with E-state index in [1.54, 1.807) is 27.7 Å². The average molecular weight is 377 g/mol. The predicted octanol–water partition coefficient (Wildman–Crippen LogP) is 5.09. The number of benzene rings is 1. The fraction of sp³-hybridized carbons (Fsp3) is 0.333. The van der Waals surface area contributed by atoms with Gasteiger partial charge in [-0.15, -0.1) is 11.3 Å². The van der Waals surface area contributed by atoms with Crippen molar-refractivity contribution in [3.05, 3.63) is 50.1 Å². The van der Waals surface area contributed by atoms with Gasteiger partial charge in [0.2, 0.25) is 0 Å². The molecule has 0 fully saturated rings. The Morgan fingerprint density at radius 3 is 2.75 bits per heavy atom. The molecule has 2 aromatic heterocycles. The van der Waals surface area contributed by atoms with Crippen LogP contribution in [0, 0.1) is 0 Å². The largest absolute Gasteiger partial charge is 0.268 e. The van der Waals surface area contributed by atoms with Crippen LogP contribution < -0.4 is 5.56 Å². The SMILES string of the molecule is CCSc1nc2sc3c(c2c(=O)n1-c1ccc(Cl)cc1)CCCC3. The van der Waals surface area contributed by atoms with E-state index in [1.807, 2.05) is 24.3 Å². The molecular formula is C18H17ClN2OS2. The van der Waals surface area contributed by atoms with E-state index < -0.39 is 0 Å². The van der Waals surface area contributed by atoms with E-state index >= 15 is 0 Å². The van der Waals surface area contributed by atoms with Gasteiger partial charge in [-0.25, -0.2) is 4.98 Å². The van der Waals surface area contributed by atoms with Crippen molar-refractivity contribution in [1.29, 1.82) is 0 Å². The molecule has 124 valence electrons. The van der Waals surface area contributed by atoms with Gasteiger partial charge in [-0.2, -0.15) is 0 Å². The molecule has 0 bridgehead atoms. The Hall–Kier alpha value is -1.30. The minimum atomic E-state index is 0.0534. The summed E-state index contributed by atoms with van der Waals surface area (Å²) in [5.41, 5.74) is 2.11. The molecule has 0 saturated heterocycles. The summed E-state index contributed by atoms with van der Waals surface area (Å²) in [5, 5.41) is 2.25. The maximum atomic E-state index is 13.3. The monoisotopic (exact) mass is 376 g/mol. The van der Waals surface area contributed by atoms with Crippen LogP contribution in [0.2, 0.25) is 5.02 Å². The van der Waals surface area contributed by atoms with Crippen LogP contribution >= 0.6 is 34.7 Å². The molecule has 0 atom stereocenters. The molecule has 0 unspecified atom stereocenters. The van der Waals surface area contributed by atoms with Gasteiger partial charge in [0.05, 0.1) is 11.1 Å². The number of hydrogen-bond donors (Lipinski definition) is 0. The van der Waals surface area contributed by atoms with Crippen LogP contribution in [0.1, 0.15) is 30.2 Å². The zero-order valence-corrected chi connectivity index (χ0v) is 15.7. The normalized spacial score (nSPS) is 14.1. The first kappa shape index (κ1) is 16.2. The van der Waals surface area contributed by atoms with Gasteiger partial charge in [-0.3, -0.25) is 9.36 Å². The van der Waals surface area contributed by atoms with Crippen molar-refractivity contribution in [3.8, 4) is 5.69 Å². The molecular weight excluding hydrogens is 360 g/mol. The lowest BCUT2D eigenvalue weighted by molar-refractivity contribution is 0.699. The van der Waals surface area contributed by atoms with Crippen LogP contribution in [-0.2, 0) is 12.8 Å². The molecule has 0 aliphatic heterocycles. The fourth-order valence-electron chi connectivity index (χ4n) is 3.23. The van der Waals surface area contributed by atoms with Gasteiger partial charge >= 0.3 is 0 Å². The van der Waals surface area contributed by atoms with Crippen molar-refractivity contribution in [2.45, 2.75) is 37.8 Å². The minimum Gasteiger partial charge on any atom is -0.268 e. The maximum Gasteiger partial charge on any atom is 0.267 e. The van der Waals surface area contributed by atoms with E-state index in [9.17, 15) is 4.79 Å². The summed E-state index contributed by atoms with van der Waals surface area (Å²) in [7, 11) is 0. The first-order valence-electron chi connectivity index (χ1n) is 8.15. The van der Waals surface area contributed by atoms with Crippen molar-refractivity contribution in [3.63, 3.8) is 0 Å². The highest BCUT2D eigenvalue weighted by Crippen LogP contribution is 2.35. The second kappa shape index (κ2) is 6.54. The fourth-order valence-corrected chi connectivity index (χ4v) is 5.40. The number of thiophene rings is 1. The number of thioether (sulfide) groups is 1. The molecule has 2 heterocycles. The van der Waals surface area contributed by atoms with Gasteiger partial charge in [0.1, 0.15) is 4.83 Å². The number of hydrogen-bond acceptors (Lipinski definition) is 4. The molecule has 4 rings (SSSR count). The van der Waals surface area contributed by atoms with Gasteiger partial charge in [0.15, 0.2) is 5.16 Å². The zero-order chi connectivity index (χ0) is 16.7. The topological polar surface area (TPSA) is 34.9 Å². The van der Waals surface area contributed by atoms with Gasteiger partial charge in [-0.05, 0) is 61.3 Å². The number of aryl methyl sites for hydroxylation is 2. The third kappa shape index (κ3) is 2.68. The number of nitrogens with zero attached hydrogens (tertiary/aromatic N) is 2. The van der Waals surface area contributed by atoms with Crippen molar-refractivity contribution >= 4 is 44.9 Å². The van der Waals surface area contributed by atoms with E-state index in [-0.39, 0.29) is 5.56 Å². The summed E-state index contributed by atoms with van der Waals surface area (Å²) >= 11 is 9.31. The quantitative estimate of drug-likeness (QED) is 0.471. The second-order valence-electron chi connectivity index (χ2n) is 5.84. The Morgan fingerprint density at radius 1 is 1.25 bits per heavy atom. The molecule has 3 aromatic rings. The van der Waals surface area contributed by atoms with Crippen LogP contribution in [0.5, 0.6) is 0 Å². The molecule has 6 heteroatoms. The molecule has 0 saturated carbocycles. The lowest BCUT2D eigenvalue weighted by Crippen LogP contribution is -2.22. The van der Waals surface area contributed by atoms with Crippen LogP contribution in [-0.4, -0.2) is 15.3 Å². The van der Waals surface area contributed by atoms with E-state index in [2.05, 4.69) is 6.92 Å². The summed E-state index contributed by atoms with van der Waals surface area (Å²) in [4.78, 5) is 20.4. The highest BCUT2D eigenvalue weighted by molar-refractivity contribution is 7.99. The number of rotatable bonds is 3. The summed E-state index contributed by atoms with van der Waals surface area (Å²) in [5.74, 6) is 0.872. The standard InChI is InChI=1S/C18H17ClN2OS2/c1-2-23-18-20-16-15(13-5-3-4-6-14(13)24-16)17(22)21(18)12-9-7-11(19)8-10-12/h7-10H,2-6H2,1H3. The van der Waals surface area contributed by atoms with Crippen molar-refractivity contribution in [1.82, 2.24) is 9.55 Å². The average Bonchev–Trinajstić information content (AvgIpc) is 2.95. The van der Waals surface area contributed by atoms with Crippen LogP contribution in [0.3, 0.4) is 0 Å². The Balaban J connectivity index is 2.02. The van der Waals surface area contributed by atoms with E-state index in [1.165, 1.54) is 16.9 Å². The van der Waals surface area contributed by atoms with Crippen molar-refractivity contribution < 1.29 is 0 Å². The third-order valence-corrected chi connectivity index (χ3v) is 6.57. The molecule has 24 heavy (non-hydrogen) atoms. The van der Waals surface area contributed by atoms with Gasteiger partial charge in [-0.1, -0.05) is 30.3 Å². The lowest BCUT2D eigenvalue weighted by atomic mass is 9.97. The predicted molar refractivity (Wildman–Crippen MR) is 103 cm³/mol. The third-order valence-electron chi connectivity index (χ3n) is 4.32. The molecule has 0 N–H and O–H groups in total. The van der Waals surface area contributed by atoms with Gasteiger partial charge in [0.25, 0.3) is 5.56 Å². The Morgan fingerprint density at radius 2 is 2.00 bits per heavy atom. The molecule has 1 aliphatic carbocycles. The van der Waals surface area contributed by atoms with E-state index in [4.69, 9.17) is 16.6 Å². The zero-order valence-electron chi connectivity index (χ0n) is 13.3. The molecule has 0 amide bonds. The van der Waals surface area contributed by atoms with E-state index in [0.29, 0.717) is 5.02 Å². The minimum absolute atomic E-state index is 0.0534. The van der Waals surface area contributed by atoms with Crippen molar-refractivity contribution in [2.75, 3.05) is 5.75 Å². The Labute approximate surface area is 153 Å². The smallest absolute Gasteiger partial charge is 0.267 e. The highest BCUT2D eigenvalue weighted by atomic mass is 35.5. The van der Waals surface area contributed by atoms with Gasteiger partial charge < -0.3 is 0 Å². The first-order chi connectivity index (χ1) is 11.7. The van der Waals surface area contributed by atoms with Gasteiger partial charge in [0, 0.05) is 9.90 Å². The summed E-state index contributed by atoms with van der Waals surface area (Å²) in [6.07, 6.45) is 4.44. The second-order valence-corrected chi connectivity index (χ2v) is 8.59. The number of fused-ring (bicyclic) bond motifs is 3. The maximum absolute atomic E-state index is 13.3. The lowest BCUT2D eigenvalue weighted by Gasteiger charge is -2.13. The first-order valence-corrected chi connectivity index (χ1v) is 10.3. The molecule has 1 aliphatic rings. The van der Waals surface area contributed by atoms with Crippen molar-refractivity contribution in [2.24, 2.45) is 0 Å². The summed E-state index contributed by atoms with van der Waals surface area (Å²) in [6, 6.07) is 7.40. The molecule has 1 aromatic carbocycles. The summed E-state index contributed by atoms with van der Waals surface area (Å²) < 4.78 is 1.74. The number of halogens is 1. The molecule has 3 nitrogen and oxygen atoms in total. The van der Waals surface area contributed by atoms with Crippen LogP contribution in [0.15, 0.2) is 34.2 Å². The van der Waals surface area contributed by atoms with E-state index in [0.717, 1.165) is 46.1 Å². The van der Waals surface area contributed by atoms with Crippen LogP contribution in [0.25, 0.3) is 15.9 Å². The molecule has 0 radical (unpaired) electrons. The highest BCUT2D eigenvalue weighted by Gasteiger charge is 2.22. The summed E-state index contributed by atoms with van der Waals surface area (Å²) in [6.45, 7) is 2.08. The Bertz CT molecular complexity index is 960. The molecule has 0 spiro atoms. The van der Waals surface area contributed by atoms with Crippen LogP contribution in [0.4, 0.5) is 0 Å². The Kier molecular flexibility index (Phi) is 4.41. The number of aromatic nitrogens is 2.